The predicted molar refractivity (Wildman–Crippen MR) is 183 cm³/mol. The number of nitrogens with zero attached hydrogens (tertiary/aromatic N) is 5. The molecule has 226 valence electrons. The molecule has 8 nitrogen and oxygen atoms in total. The van der Waals surface area contributed by atoms with Crippen LogP contribution in [0.25, 0.3) is 16.7 Å². The maximum absolute atomic E-state index is 13.3. The molecule has 6 rings (SSSR count). The highest BCUT2D eigenvalue weighted by Crippen LogP contribution is 2.53. The first-order valence-electron chi connectivity index (χ1n) is 15.0. The molecule has 2 aliphatic rings. The lowest BCUT2D eigenvalue weighted by molar-refractivity contribution is 0.0898. The molecule has 1 aliphatic carbocycles. The Bertz CT molecular complexity index is 1580. The topological polar surface area (TPSA) is 82.7 Å². The van der Waals surface area contributed by atoms with Crippen molar-refractivity contribution in [2.75, 3.05) is 24.6 Å². The fourth-order valence-corrected chi connectivity index (χ4v) is 8.90. The van der Waals surface area contributed by atoms with Crippen LogP contribution in [0.2, 0.25) is 25.7 Å². The Hall–Kier alpha value is -1.64. The molecular formula is C31H43IN6O2SSi. The van der Waals surface area contributed by atoms with Crippen molar-refractivity contribution in [2.45, 2.75) is 83.2 Å². The van der Waals surface area contributed by atoms with Gasteiger partial charge in [-0.3, -0.25) is 4.40 Å². The number of benzene rings is 1. The number of aromatic nitrogens is 4. The van der Waals surface area contributed by atoms with Crippen LogP contribution in [0.1, 0.15) is 50.8 Å². The maximum atomic E-state index is 13.3. The molecule has 4 heterocycles. The Labute approximate surface area is 267 Å². The van der Waals surface area contributed by atoms with Gasteiger partial charge in [0, 0.05) is 66.7 Å². The molecule has 1 spiro atoms. The van der Waals surface area contributed by atoms with E-state index in [1.807, 2.05) is 33.2 Å². The van der Waals surface area contributed by atoms with Crippen LogP contribution in [-0.4, -0.2) is 56.0 Å². The van der Waals surface area contributed by atoms with Gasteiger partial charge in [0.25, 0.3) is 0 Å². The Kier molecular flexibility index (Phi) is 8.23. The molecule has 42 heavy (non-hydrogen) atoms. The minimum Gasteiger partial charge on any atom is -0.598 e. The SMILES string of the molecule is CC(C)(C)[S+]([O-])N[C@@H]1c2ccccc2CC12CCN(c1nc3c(c(I)cn3COCC[Si](C)(C)C)c3nccn13)CC2. The summed E-state index contributed by atoms with van der Waals surface area (Å²) in [5.74, 6) is 0.931. The largest absolute Gasteiger partial charge is 0.598 e. The predicted octanol–water partition coefficient (Wildman–Crippen LogP) is 6.54. The molecule has 1 aromatic carbocycles. The van der Waals surface area contributed by atoms with Crippen LogP contribution >= 0.6 is 22.6 Å². The molecule has 0 saturated carbocycles. The molecule has 0 bridgehead atoms. The summed E-state index contributed by atoms with van der Waals surface area (Å²) in [5.41, 5.74) is 4.58. The number of hydrogen-bond donors (Lipinski definition) is 1. The van der Waals surface area contributed by atoms with E-state index >= 15 is 0 Å². The van der Waals surface area contributed by atoms with E-state index < -0.39 is 19.4 Å². The molecular weight excluding hydrogens is 675 g/mol. The van der Waals surface area contributed by atoms with E-state index in [9.17, 15) is 4.55 Å². The average Bonchev–Trinajstić information content (AvgIpc) is 3.61. The van der Waals surface area contributed by atoms with Crippen LogP contribution in [0, 0.1) is 8.99 Å². The lowest BCUT2D eigenvalue weighted by atomic mass is 9.73. The standard InChI is InChI=1S/C31H43IN6O2SSi/c1-30(2,3)41(39)35-26-23-10-8-7-9-22(23)19-31(26)11-14-36(15-12-31)29-34-28-25(27-33-13-16-38(27)29)24(32)20-37(28)21-40-17-18-42(4,5)6/h7-10,13,16,20,26,35H,11-12,14-15,17-19,21H2,1-6H3/t26-,41?/m1/s1. The quantitative estimate of drug-likeness (QED) is 0.0966. The van der Waals surface area contributed by atoms with Crippen molar-refractivity contribution in [1.82, 2.24) is 23.7 Å². The van der Waals surface area contributed by atoms with Crippen molar-refractivity contribution in [3.8, 4) is 0 Å². The van der Waals surface area contributed by atoms with Gasteiger partial charge in [-0.25, -0.2) is 4.98 Å². The van der Waals surface area contributed by atoms with Gasteiger partial charge in [-0.1, -0.05) is 43.9 Å². The van der Waals surface area contributed by atoms with Gasteiger partial charge in [0.15, 0.2) is 11.3 Å². The molecule has 1 saturated heterocycles. The zero-order valence-electron chi connectivity index (χ0n) is 25.6. The molecule has 3 aromatic heterocycles. The number of imidazole rings is 1. The zero-order chi connectivity index (χ0) is 29.9. The summed E-state index contributed by atoms with van der Waals surface area (Å²) in [5, 5.41) is 1.08. The van der Waals surface area contributed by atoms with Crippen molar-refractivity contribution < 1.29 is 9.29 Å². The Morgan fingerprint density at radius 2 is 1.90 bits per heavy atom. The molecule has 1 aliphatic heterocycles. The van der Waals surface area contributed by atoms with E-state index in [2.05, 4.69) is 91.3 Å². The second-order valence-corrected chi connectivity index (χ2v) is 23.0. The van der Waals surface area contributed by atoms with Gasteiger partial charge in [0.2, 0.25) is 5.95 Å². The first-order chi connectivity index (χ1) is 19.9. The smallest absolute Gasteiger partial charge is 0.213 e. The van der Waals surface area contributed by atoms with Crippen molar-refractivity contribution >= 4 is 64.7 Å². The summed E-state index contributed by atoms with van der Waals surface area (Å²) >= 11 is 1.25. The summed E-state index contributed by atoms with van der Waals surface area (Å²) in [6.45, 7) is 16.3. The number of hydrogen-bond acceptors (Lipinski definition) is 6. The van der Waals surface area contributed by atoms with Gasteiger partial charge in [-0.2, -0.15) is 4.98 Å². The van der Waals surface area contributed by atoms with Gasteiger partial charge in [-0.05, 0) is 79.8 Å². The number of piperidine rings is 1. The van der Waals surface area contributed by atoms with Gasteiger partial charge in [0.1, 0.15) is 11.5 Å². The van der Waals surface area contributed by atoms with E-state index in [-0.39, 0.29) is 16.2 Å². The third kappa shape index (κ3) is 5.77. The van der Waals surface area contributed by atoms with Gasteiger partial charge < -0.3 is 18.8 Å². The first kappa shape index (κ1) is 30.4. The maximum Gasteiger partial charge on any atom is 0.213 e. The number of anilines is 1. The zero-order valence-corrected chi connectivity index (χ0v) is 29.6. The first-order valence-corrected chi connectivity index (χ1v) is 20.9. The minimum atomic E-state index is -1.15. The highest BCUT2D eigenvalue weighted by molar-refractivity contribution is 14.1. The second kappa shape index (κ2) is 11.4. The van der Waals surface area contributed by atoms with Crippen LogP contribution in [0.15, 0.2) is 42.9 Å². The van der Waals surface area contributed by atoms with E-state index in [4.69, 9.17) is 14.7 Å². The molecule has 0 amide bonds. The van der Waals surface area contributed by atoms with Crippen LogP contribution in [-0.2, 0) is 29.3 Å². The fraction of sp³-hybridized carbons (Fsp3) is 0.548. The third-order valence-corrected chi connectivity index (χ3v) is 12.9. The number of ether oxygens (including phenoxy) is 1. The van der Waals surface area contributed by atoms with Gasteiger partial charge >= 0.3 is 0 Å². The van der Waals surface area contributed by atoms with Crippen molar-refractivity contribution in [3.63, 3.8) is 0 Å². The normalized spacial score (nSPS) is 19.7. The van der Waals surface area contributed by atoms with Crippen LogP contribution < -0.4 is 9.62 Å². The summed E-state index contributed by atoms with van der Waals surface area (Å²) in [4.78, 5) is 12.5. The summed E-state index contributed by atoms with van der Waals surface area (Å²) in [6, 6.07) is 9.93. The molecule has 0 radical (unpaired) electrons. The Morgan fingerprint density at radius 1 is 1.17 bits per heavy atom. The molecule has 1 fully saturated rings. The third-order valence-electron chi connectivity index (χ3n) is 8.86. The van der Waals surface area contributed by atoms with Crippen LogP contribution in [0.5, 0.6) is 0 Å². The minimum absolute atomic E-state index is 0.0268. The van der Waals surface area contributed by atoms with Gasteiger partial charge in [-0.15, -0.1) is 4.72 Å². The number of rotatable bonds is 8. The molecule has 1 unspecified atom stereocenters. The lowest BCUT2D eigenvalue weighted by Crippen LogP contribution is -2.50. The highest BCUT2D eigenvalue weighted by Gasteiger charge is 2.50. The van der Waals surface area contributed by atoms with E-state index in [0.717, 1.165) is 71.2 Å². The van der Waals surface area contributed by atoms with Crippen molar-refractivity contribution in [3.05, 3.63) is 57.6 Å². The van der Waals surface area contributed by atoms with Crippen LogP contribution in [0.3, 0.4) is 0 Å². The van der Waals surface area contributed by atoms with E-state index in [0.29, 0.717) is 6.73 Å². The Balaban J connectivity index is 1.27. The number of fused-ring (bicyclic) bond motifs is 4. The monoisotopic (exact) mass is 718 g/mol. The van der Waals surface area contributed by atoms with E-state index in [1.54, 1.807) is 0 Å². The summed E-state index contributed by atoms with van der Waals surface area (Å²) < 4.78 is 28.1. The number of halogens is 1. The van der Waals surface area contributed by atoms with Crippen molar-refractivity contribution in [1.29, 1.82) is 0 Å². The van der Waals surface area contributed by atoms with Gasteiger partial charge in [0.05, 0.1) is 11.4 Å². The second-order valence-electron chi connectivity index (χ2n) is 14.2. The van der Waals surface area contributed by atoms with Crippen LogP contribution in [0.4, 0.5) is 5.95 Å². The summed E-state index contributed by atoms with van der Waals surface area (Å²) in [6.07, 6.45) is 9.04. The molecule has 11 heteroatoms. The molecule has 2 atom stereocenters. The number of nitrogens with one attached hydrogen (secondary N) is 1. The molecule has 1 N–H and O–H groups in total. The molecule has 4 aromatic rings. The lowest BCUT2D eigenvalue weighted by Gasteiger charge is -2.44. The Morgan fingerprint density at radius 3 is 2.62 bits per heavy atom. The summed E-state index contributed by atoms with van der Waals surface area (Å²) in [7, 11) is -1.15. The average molecular weight is 719 g/mol. The fourth-order valence-electron chi connectivity index (χ4n) is 6.38. The van der Waals surface area contributed by atoms with Crippen molar-refractivity contribution in [2.24, 2.45) is 5.41 Å². The van der Waals surface area contributed by atoms with E-state index in [1.165, 1.54) is 11.1 Å². The highest BCUT2D eigenvalue weighted by atomic mass is 127.